The van der Waals surface area contributed by atoms with E-state index in [9.17, 15) is 8.42 Å². The Bertz CT molecular complexity index is 562. The van der Waals surface area contributed by atoms with Gasteiger partial charge in [-0.05, 0) is 57.4 Å². The maximum absolute atomic E-state index is 12.2. The summed E-state index contributed by atoms with van der Waals surface area (Å²) in [5.74, 6) is 0. The molecule has 0 amide bonds. The number of aryl methyl sites for hydroxylation is 1. The van der Waals surface area contributed by atoms with E-state index in [0.717, 1.165) is 24.1 Å². The zero-order valence-corrected chi connectivity index (χ0v) is 14.3. The third kappa shape index (κ3) is 3.41. The van der Waals surface area contributed by atoms with Crippen molar-refractivity contribution in [3.8, 4) is 0 Å². The van der Waals surface area contributed by atoms with Crippen LogP contribution in [0.15, 0.2) is 18.2 Å². The van der Waals surface area contributed by atoms with Crippen LogP contribution < -0.4 is 5.32 Å². The summed E-state index contributed by atoms with van der Waals surface area (Å²) in [4.78, 5) is 0. The van der Waals surface area contributed by atoms with Crippen LogP contribution >= 0.6 is 0 Å². The van der Waals surface area contributed by atoms with Crippen LogP contribution in [-0.2, 0) is 9.84 Å². The summed E-state index contributed by atoms with van der Waals surface area (Å²) >= 11 is 0. The van der Waals surface area contributed by atoms with Crippen molar-refractivity contribution in [2.45, 2.75) is 51.8 Å². The highest BCUT2D eigenvalue weighted by molar-refractivity contribution is 7.92. The Morgan fingerprint density at radius 2 is 1.85 bits per heavy atom. The molecule has 1 unspecified atom stereocenters. The molecule has 0 bridgehead atoms. The second-order valence-corrected chi connectivity index (χ2v) is 8.65. The van der Waals surface area contributed by atoms with Gasteiger partial charge in [0, 0.05) is 6.26 Å². The Morgan fingerprint density at radius 1 is 1.25 bits per heavy atom. The fraction of sp³-hybridized carbons (Fsp3) is 0.625. The normalized spacial score (nSPS) is 14.3. The minimum absolute atomic E-state index is 0.197. The van der Waals surface area contributed by atoms with Crippen molar-refractivity contribution in [2.24, 2.45) is 0 Å². The number of nitrogens with one attached hydrogen (secondary N) is 1. The van der Waals surface area contributed by atoms with E-state index in [4.69, 9.17) is 0 Å². The van der Waals surface area contributed by atoms with E-state index in [0.29, 0.717) is 0 Å². The topological polar surface area (TPSA) is 46.2 Å². The van der Waals surface area contributed by atoms with Crippen LogP contribution in [0.2, 0.25) is 0 Å². The molecule has 0 fully saturated rings. The first kappa shape index (κ1) is 17.2. The summed E-state index contributed by atoms with van der Waals surface area (Å²) in [6, 6.07) is 5.89. The van der Waals surface area contributed by atoms with Crippen LogP contribution in [0.4, 0.5) is 0 Å². The molecule has 0 saturated carbocycles. The van der Waals surface area contributed by atoms with Crippen molar-refractivity contribution in [1.82, 2.24) is 5.32 Å². The van der Waals surface area contributed by atoms with Crippen molar-refractivity contribution in [2.75, 3.05) is 12.8 Å². The predicted octanol–water partition coefficient (Wildman–Crippen LogP) is 3.17. The highest BCUT2D eigenvalue weighted by atomic mass is 32.2. The molecule has 1 N–H and O–H groups in total. The first-order valence-corrected chi connectivity index (χ1v) is 9.01. The third-order valence-electron chi connectivity index (χ3n) is 4.21. The maximum Gasteiger partial charge on any atom is 0.154 e. The molecule has 3 nitrogen and oxygen atoms in total. The number of rotatable bonds is 6. The minimum Gasteiger partial charge on any atom is -0.309 e. The highest BCUT2D eigenvalue weighted by Gasteiger charge is 2.40. The van der Waals surface area contributed by atoms with Crippen molar-refractivity contribution >= 4 is 9.84 Å². The minimum atomic E-state index is -3.17. The van der Waals surface area contributed by atoms with Gasteiger partial charge in [-0.3, -0.25) is 0 Å². The Morgan fingerprint density at radius 3 is 2.35 bits per heavy atom. The Balaban J connectivity index is 3.36. The number of benzene rings is 1. The van der Waals surface area contributed by atoms with Gasteiger partial charge in [0.2, 0.25) is 0 Å². The van der Waals surface area contributed by atoms with Crippen LogP contribution in [-0.4, -0.2) is 26.0 Å². The van der Waals surface area contributed by atoms with Crippen molar-refractivity contribution in [3.63, 3.8) is 0 Å². The van der Waals surface area contributed by atoms with E-state index < -0.39 is 14.6 Å². The fourth-order valence-corrected chi connectivity index (χ4v) is 2.96. The molecular formula is C16H27NO2S. The van der Waals surface area contributed by atoms with Gasteiger partial charge >= 0.3 is 0 Å². The molecule has 20 heavy (non-hydrogen) atoms. The number of hydrogen-bond donors (Lipinski definition) is 1. The zero-order chi connectivity index (χ0) is 15.6. The van der Waals surface area contributed by atoms with Gasteiger partial charge in [0.25, 0.3) is 0 Å². The summed E-state index contributed by atoms with van der Waals surface area (Å²) in [6.45, 7) is 10.6. The Hall–Kier alpha value is -0.870. The van der Waals surface area contributed by atoms with Crippen LogP contribution in [0.3, 0.4) is 0 Å². The Labute approximate surface area is 123 Å². The van der Waals surface area contributed by atoms with Crippen LogP contribution in [0.25, 0.3) is 0 Å². The smallest absolute Gasteiger partial charge is 0.154 e. The molecule has 1 aromatic rings. The standard InChI is InChI=1S/C16H27NO2S/c1-7-11-17-15(16(4,5)20(6,18)19)14-10-8-9-12(2)13(14)3/h8-10,15,17H,7,11H2,1-6H3. The third-order valence-corrected chi connectivity index (χ3v) is 6.35. The van der Waals surface area contributed by atoms with Gasteiger partial charge in [0.1, 0.15) is 0 Å². The van der Waals surface area contributed by atoms with Gasteiger partial charge in [-0.1, -0.05) is 25.1 Å². The van der Waals surface area contributed by atoms with E-state index in [-0.39, 0.29) is 6.04 Å². The van der Waals surface area contributed by atoms with Crippen molar-refractivity contribution in [3.05, 3.63) is 34.9 Å². The second-order valence-electron chi connectivity index (χ2n) is 6.05. The molecule has 1 rings (SSSR count). The van der Waals surface area contributed by atoms with Gasteiger partial charge in [-0.25, -0.2) is 8.42 Å². The molecule has 0 spiro atoms. The van der Waals surface area contributed by atoms with E-state index in [1.54, 1.807) is 13.8 Å². The zero-order valence-electron chi connectivity index (χ0n) is 13.4. The molecule has 0 radical (unpaired) electrons. The molecule has 114 valence electrons. The van der Waals surface area contributed by atoms with E-state index in [2.05, 4.69) is 32.2 Å². The highest BCUT2D eigenvalue weighted by Crippen LogP contribution is 2.34. The molecule has 0 aromatic heterocycles. The lowest BCUT2D eigenvalue weighted by Crippen LogP contribution is -2.45. The van der Waals surface area contributed by atoms with Crippen molar-refractivity contribution in [1.29, 1.82) is 0 Å². The lowest BCUT2D eigenvalue weighted by Gasteiger charge is -2.35. The summed E-state index contributed by atoms with van der Waals surface area (Å²) in [5, 5.41) is 3.42. The van der Waals surface area contributed by atoms with Crippen LogP contribution in [0, 0.1) is 13.8 Å². The van der Waals surface area contributed by atoms with Crippen LogP contribution in [0.1, 0.15) is 49.9 Å². The van der Waals surface area contributed by atoms with Gasteiger partial charge in [0.15, 0.2) is 9.84 Å². The molecule has 0 aliphatic rings. The van der Waals surface area contributed by atoms with Gasteiger partial charge < -0.3 is 5.32 Å². The molecule has 0 saturated heterocycles. The molecular weight excluding hydrogens is 270 g/mol. The molecule has 0 heterocycles. The van der Waals surface area contributed by atoms with Gasteiger partial charge in [0.05, 0.1) is 10.8 Å². The van der Waals surface area contributed by atoms with Crippen molar-refractivity contribution < 1.29 is 8.42 Å². The summed E-state index contributed by atoms with van der Waals surface area (Å²) in [7, 11) is -3.17. The second kappa shape index (κ2) is 6.27. The fourth-order valence-electron chi connectivity index (χ4n) is 2.32. The van der Waals surface area contributed by atoms with E-state index in [1.165, 1.54) is 11.8 Å². The lowest BCUT2D eigenvalue weighted by atomic mass is 9.90. The quantitative estimate of drug-likeness (QED) is 0.877. The predicted molar refractivity (Wildman–Crippen MR) is 85.9 cm³/mol. The average molecular weight is 297 g/mol. The summed E-state index contributed by atoms with van der Waals surface area (Å²) < 4.78 is 23.5. The first-order chi connectivity index (χ1) is 9.13. The Kier molecular flexibility index (Phi) is 5.39. The van der Waals surface area contributed by atoms with E-state index in [1.807, 2.05) is 12.1 Å². The lowest BCUT2D eigenvalue weighted by molar-refractivity contribution is 0.418. The average Bonchev–Trinajstić information content (AvgIpc) is 2.33. The monoisotopic (exact) mass is 297 g/mol. The maximum atomic E-state index is 12.2. The summed E-state index contributed by atoms with van der Waals surface area (Å²) in [5.41, 5.74) is 3.43. The number of hydrogen-bond acceptors (Lipinski definition) is 3. The van der Waals surface area contributed by atoms with E-state index >= 15 is 0 Å². The molecule has 1 aromatic carbocycles. The summed E-state index contributed by atoms with van der Waals surface area (Å²) in [6.07, 6.45) is 2.29. The van der Waals surface area contributed by atoms with Gasteiger partial charge in [-0.2, -0.15) is 0 Å². The van der Waals surface area contributed by atoms with Crippen LogP contribution in [0.5, 0.6) is 0 Å². The SMILES string of the molecule is CCCNC(c1cccc(C)c1C)C(C)(C)S(C)(=O)=O. The largest absolute Gasteiger partial charge is 0.309 e. The first-order valence-electron chi connectivity index (χ1n) is 7.12. The molecule has 1 atom stereocenters. The molecule has 4 heteroatoms. The number of sulfone groups is 1. The molecule has 0 aliphatic carbocycles. The van der Waals surface area contributed by atoms with Gasteiger partial charge in [-0.15, -0.1) is 0 Å². The molecule has 0 aliphatic heterocycles.